The lowest BCUT2D eigenvalue weighted by Gasteiger charge is -2.16. The van der Waals surface area contributed by atoms with Crippen molar-refractivity contribution in [1.82, 2.24) is 21.1 Å². The van der Waals surface area contributed by atoms with Crippen LogP contribution in [0.4, 0.5) is 13.2 Å². The van der Waals surface area contributed by atoms with E-state index in [0.29, 0.717) is 6.54 Å². The highest BCUT2D eigenvalue weighted by atomic mass is 19.4. The van der Waals surface area contributed by atoms with Crippen molar-refractivity contribution in [3.05, 3.63) is 0 Å². The third-order valence-corrected chi connectivity index (χ3v) is 1.82. The van der Waals surface area contributed by atoms with Gasteiger partial charge in [0.15, 0.2) is 0 Å². The van der Waals surface area contributed by atoms with E-state index in [1.54, 1.807) is 5.43 Å². The molecule has 0 fully saturated rings. The number of nitrogens with one attached hydrogen (secondary N) is 3. The zero-order valence-corrected chi connectivity index (χ0v) is 9.32. The molecule has 0 aromatic rings. The third-order valence-electron chi connectivity index (χ3n) is 1.82. The molecule has 0 aromatic carbocycles. The highest BCUT2D eigenvalue weighted by Gasteiger charge is 2.38. The predicted molar refractivity (Wildman–Crippen MR) is 53.6 cm³/mol. The molecule has 0 rings (SSSR count). The third kappa shape index (κ3) is 7.43. The Balaban J connectivity index is 3.50. The minimum atomic E-state index is -4.84. The Morgan fingerprint density at radius 3 is 2.31 bits per heavy atom. The van der Waals surface area contributed by atoms with Crippen LogP contribution in [0.15, 0.2) is 0 Å². The molecule has 16 heavy (non-hydrogen) atoms. The van der Waals surface area contributed by atoms with E-state index >= 15 is 0 Å². The number of carbonyl (C=O) groups excluding carboxylic acids is 1. The van der Waals surface area contributed by atoms with Gasteiger partial charge < -0.3 is 10.2 Å². The number of hydrazine groups is 1. The van der Waals surface area contributed by atoms with Crippen LogP contribution in [0.5, 0.6) is 0 Å². The summed E-state index contributed by atoms with van der Waals surface area (Å²) in [4.78, 5) is 12.3. The fraction of sp³-hybridized carbons (Fsp3) is 0.875. The first kappa shape index (κ1) is 15.1. The molecular formula is C8H17F3N4O. The van der Waals surface area contributed by atoms with Crippen LogP contribution in [0.2, 0.25) is 0 Å². The van der Waals surface area contributed by atoms with Crippen molar-refractivity contribution in [2.24, 2.45) is 0 Å². The molecule has 0 spiro atoms. The maximum Gasteiger partial charge on any atom is 0.472 e. The molecular weight excluding hydrogens is 225 g/mol. The molecule has 1 amide bonds. The zero-order chi connectivity index (χ0) is 12.6. The summed E-state index contributed by atoms with van der Waals surface area (Å²) in [7, 11) is 3.65. The summed E-state index contributed by atoms with van der Waals surface area (Å²) in [6.07, 6.45) is -4.84. The maximum absolute atomic E-state index is 11.7. The zero-order valence-electron chi connectivity index (χ0n) is 9.32. The number of hydrogen-bond acceptors (Lipinski definition) is 4. The number of carbonyl (C=O) groups is 1. The fourth-order valence-corrected chi connectivity index (χ4v) is 0.875. The maximum atomic E-state index is 11.7. The van der Waals surface area contributed by atoms with Gasteiger partial charge in [-0.3, -0.25) is 10.2 Å². The van der Waals surface area contributed by atoms with Crippen LogP contribution in [0, 0.1) is 0 Å². The predicted octanol–water partition coefficient (Wildman–Crippen LogP) is -0.679. The minimum absolute atomic E-state index is 0.252. The van der Waals surface area contributed by atoms with Crippen molar-refractivity contribution in [3.8, 4) is 0 Å². The second kappa shape index (κ2) is 7.42. The molecule has 3 N–H and O–H groups in total. The first-order chi connectivity index (χ1) is 7.38. The van der Waals surface area contributed by atoms with Gasteiger partial charge in [-0.25, -0.2) is 5.43 Å². The first-order valence-corrected chi connectivity index (χ1v) is 4.81. The number of hydrogen-bond donors (Lipinski definition) is 3. The van der Waals surface area contributed by atoms with Gasteiger partial charge in [0.25, 0.3) is 0 Å². The van der Waals surface area contributed by atoms with Gasteiger partial charge in [-0.15, -0.1) is 0 Å². The Morgan fingerprint density at radius 2 is 1.81 bits per heavy atom. The Hall–Kier alpha value is -0.860. The lowest BCUT2D eigenvalue weighted by atomic mass is 10.5. The van der Waals surface area contributed by atoms with E-state index < -0.39 is 12.1 Å². The molecule has 8 heteroatoms. The number of nitrogens with zero attached hydrogens (tertiary/aromatic N) is 1. The monoisotopic (exact) mass is 242 g/mol. The minimum Gasteiger partial charge on any atom is -0.318 e. The normalized spacial score (nSPS) is 11.9. The number of likely N-dealkylation sites (N-methyl/N-ethyl adjacent to an activating group) is 2. The van der Waals surface area contributed by atoms with E-state index in [1.165, 1.54) is 0 Å². The van der Waals surface area contributed by atoms with E-state index in [9.17, 15) is 18.0 Å². The smallest absolute Gasteiger partial charge is 0.318 e. The first-order valence-electron chi connectivity index (χ1n) is 4.81. The highest BCUT2D eigenvalue weighted by Crippen LogP contribution is 2.13. The lowest BCUT2D eigenvalue weighted by molar-refractivity contribution is -0.174. The molecule has 0 aliphatic rings. The molecule has 96 valence electrons. The van der Waals surface area contributed by atoms with Gasteiger partial charge in [-0.2, -0.15) is 13.2 Å². The van der Waals surface area contributed by atoms with Gasteiger partial charge in [0.1, 0.15) is 0 Å². The fourth-order valence-electron chi connectivity index (χ4n) is 0.875. The molecule has 0 aromatic heterocycles. The van der Waals surface area contributed by atoms with Gasteiger partial charge >= 0.3 is 12.1 Å². The van der Waals surface area contributed by atoms with E-state index in [4.69, 9.17) is 0 Å². The van der Waals surface area contributed by atoms with E-state index in [0.717, 1.165) is 13.1 Å². The summed E-state index contributed by atoms with van der Waals surface area (Å²) >= 11 is 0. The van der Waals surface area contributed by atoms with Gasteiger partial charge in [0.05, 0.1) is 0 Å². The molecule has 0 radical (unpaired) electrons. The summed E-state index contributed by atoms with van der Waals surface area (Å²) in [6.45, 7) is 2.37. The molecule has 0 aliphatic heterocycles. The summed E-state index contributed by atoms with van der Waals surface area (Å²) in [6, 6.07) is 0. The topological polar surface area (TPSA) is 56.4 Å². The Bertz CT molecular complexity index is 210. The molecule has 5 nitrogen and oxygen atoms in total. The van der Waals surface area contributed by atoms with Crippen LogP contribution in [-0.2, 0) is 4.79 Å². The van der Waals surface area contributed by atoms with Crippen LogP contribution in [-0.4, -0.2) is 57.3 Å². The summed E-state index contributed by atoms with van der Waals surface area (Å²) in [5.41, 5.74) is 3.80. The van der Waals surface area contributed by atoms with Crippen LogP contribution in [0.25, 0.3) is 0 Å². The molecule has 0 bridgehead atoms. The van der Waals surface area contributed by atoms with E-state index in [2.05, 4.69) is 10.7 Å². The van der Waals surface area contributed by atoms with Crippen molar-refractivity contribution in [2.75, 3.05) is 40.3 Å². The van der Waals surface area contributed by atoms with Crippen molar-refractivity contribution in [3.63, 3.8) is 0 Å². The van der Waals surface area contributed by atoms with Gasteiger partial charge in [-0.05, 0) is 14.1 Å². The van der Waals surface area contributed by atoms with Gasteiger partial charge in [-0.1, -0.05) is 0 Å². The van der Waals surface area contributed by atoms with Crippen molar-refractivity contribution < 1.29 is 18.0 Å². The molecule has 0 saturated heterocycles. The highest BCUT2D eigenvalue weighted by molar-refractivity contribution is 5.81. The van der Waals surface area contributed by atoms with Crippen molar-refractivity contribution in [1.29, 1.82) is 0 Å². The van der Waals surface area contributed by atoms with Crippen LogP contribution in [0.1, 0.15) is 0 Å². The number of alkyl halides is 3. The molecule has 0 atom stereocenters. The molecule has 0 heterocycles. The molecule has 0 aliphatic carbocycles. The largest absolute Gasteiger partial charge is 0.472 e. The van der Waals surface area contributed by atoms with Crippen LogP contribution >= 0.6 is 0 Å². The quantitative estimate of drug-likeness (QED) is 0.409. The summed E-state index contributed by atoms with van der Waals surface area (Å²) < 4.78 is 35.2. The molecule has 0 saturated carbocycles. The lowest BCUT2D eigenvalue weighted by Crippen LogP contribution is -2.47. The van der Waals surface area contributed by atoms with Crippen LogP contribution in [0.3, 0.4) is 0 Å². The Morgan fingerprint density at radius 1 is 1.25 bits per heavy atom. The summed E-state index contributed by atoms with van der Waals surface area (Å²) in [5.74, 6) is -1.98. The number of rotatable bonds is 7. The number of halogens is 3. The van der Waals surface area contributed by atoms with E-state index in [-0.39, 0.29) is 6.54 Å². The van der Waals surface area contributed by atoms with Gasteiger partial charge in [0, 0.05) is 26.2 Å². The van der Waals surface area contributed by atoms with Crippen molar-refractivity contribution >= 4 is 5.91 Å². The average Bonchev–Trinajstić information content (AvgIpc) is 2.19. The second-order valence-corrected chi connectivity index (χ2v) is 3.29. The standard InChI is InChI=1S/C8H17F3N4O/c1-12-3-5-15(2)6-4-13-14-7(16)8(9,10)11/h12-13H,3-6H2,1-2H3,(H,14,16). The Labute approximate surface area is 92.3 Å². The number of amides is 1. The Kier molecular flexibility index (Phi) is 7.02. The average molecular weight is 242 g/mol. The SMILES string of the molecule is CNCCN(C)CCNNC(=O)C(F)(F)F. The van der Waals surface area contributed by atoms with Crippen molar-refractivity contribution in [2.45, 2.75) is 6.18 Å². The van der Waals surface area contributed by atoms with E-state index in [1.807, 2.05) is 19.0 Å². The summed E-state index contributed by atoms with van der Waals surface area (Å²) in [5, 5.41) is 2.95. The van der Waals surface area contributed by atoms with Gasteiger partial charge in [0.2, 0.25) is 0 Å². The van der Waals surface area contributed by atoms with Crippen LogP contribution < -0.4 is 16.2 Å². The second-order valence-electron chi connectivity index (χ2n) is 3.29. The molecule has 0 unspecified atom stereocenters.